The predicted molar refractivity (Wildman–Crippen MR) is 101 cm³/mol. The number of benzene rings is 2. The fraction of sp³-hybridized carbons (Fsp3) is 0.381. The average Bonchev–Trinajstić information content (AvgIpc) is 2.63. The van der Waals surface area contributed by atoms with E-state index in [1.807, 2.05) is 57.2 Å². The summed E-state index contributed by atoms with van der Waals surface area (Å²) in [6.07, 6.45) is 0.391. The maximum atomic E-state index is 12.3. The van der Waals surface area contributed by atoms with Gasteiger partial charge >= 0.3 is 0 Å². The van der Waals surface area contributed by atoms with E-state index in [4.69, 9.17) is 14.2 Å². The summed E-state index contributed by atoms with van der Waals surface area (Å²) in [6, 6.07) is 11.8. The molecule has 0 fully saturated rings. The van der Waals surface area contributed by atoms with Gasteiger partial charge in [0.1, 0.15) is 5.75 Å². The first-order valence-corrected chi connectivity index (χ1v) is 9.12. The molecule has 0 spiro atoms. The van der Waals surface area contributed by atoms with Crippen molar-refractivity contribution in [3.63, 3.8) is 0 Å². The van der Waals surface area contributed by atoms with Crippen LogP contribution in [0.2, 0.25) is 0 Å². The van der Waals surface area contributed by atoms with Crippen molar-refractivity contribution >= 4 is 11.6 Å². The highest BCUT2D eigenvalue weighted by Crippen LogP contribution is 2.43. The molecule has 0 aliphatic carbocycles. The lowest BCUT2D eigenvalue weighted by Gasteiger charge is -2.28. The van der Waals surface area contributed by atoms with E-state index in [9.17, 15) is 4.79 Å². The van der Waals surface area contributed by atoms with Crippen LogP contribution >= 0.6 is 0 Å². The van der Waals surface area contributed by atoms with Crippen LogP contribution in [0.3, 0.4) is 0 Å². The molecule has 5 nitrogen and oxygen atoms in total. The molecule has 138 valence electrons. The Balaban J connectivity index is 2.06. The maximum Gasteiger partial charge on any atom is 0.225 e. The Morgan fingerprint density at radius 1 is 0.962 bits per heavy atom. The monoisotopic (exact) mass is 355 g/mol. The molecule has 0 radical (unpaired) electrons. The van der Waals surface area contributed by atoms with Crippen molar-refractivity contribution in [3.05, 3.63) is 47.5 Å². The molecular weight excluding hydrogens is 330 g/mol. The molecular formula is C21H25NO4. The van der Waals surface area contributed by atoms with Crippen molar-refractivity contribution in [2.45, 2.75) is 33.1 Å². The second-order valence-corrected chi connectivity index (χ2v) is 6.06. The van der Waals surface area contributed by atoms with Gasteiger partial charge in [-0.15, -0.1) is 0 Å². The molecule has 5 heteroatoms. The second kappa shape index (κ2) is 8.13. The van der Waals surface area contributed by atoms with Crippen LogP contribution in [0.4, 0.5) is 5.69 Å². The minimum Gasteiger partial charge on any atom is -0.494 e. The summed E-state index contributed by atoms with van der Waals surface area (Å²) in [5.74, 6) is 2.12. The molecule has 1 N–H and O–H groups in total. The molecule has 1 amide bonds. The number of fused-ring (bicyclic) bond motifs is 1. The van der Waals surface area contributed by atoms with E-state index in [1.165, 1.54) is 0 Å². The third-order valence-electron chi connectivity index (χ3n) is 4.33. The number of hydrogen-bond acceptors (Lipinski definition) is 4. The first-order chi connectivity index (χ1) is 12.7. The van der Waals surface area contributed by atoms with Crippen LogP contribution in [0.1, 0.15) is 44.2 Å². The molecule has 1 atom stereocenters. The summed E-state index contributed by atoms with van der Waals surface area (Å²) in [5.41, 5.74) is 2.86. The third kappa shape index (κ3) is 3.77. The minimum atomic E-state index is -0.0472. The summed E-state index contributed by atoms with van der Waals surface area (Å²) in [7, 11) is 0. The summed E-state index contributed by atoms with van der Waals surface area (Å²) in [6.45, 7) is 7.52. The van der Waals surface area contributed by atoms with Crippen LogP contribution in [-0.2, 0) is 4.79 Å². The van der Waals surface area contributed by atoms with Gasteiger partial charge < -0.3 is 19.5 Å². The molecule has 3 rings (SSSR count). The number of carbonyl (C=O) groups excluding carboxylic acids is 1. The Labute approximate surface area is 154 Å². The van der Waals surface area contributed by atoms with E-state index in [0.717, 1.165) is 22.6 Å². The fourth-order valence-corrected chi connectivity index (χ4v) is 3.29. The van der Waals surface area contributed by atoms with Gasteiger partial charge in [0, 0.05) is 24.1 Å². The van der Waals surface area contributed by atoms with E-state index in [0.29, 0.717) is 37.7 Å². The van der Waals surface area contributed by atoms with Gasteiger partial charge in [-0.2, -0.15) is 0 Å². The molecule has 0 saturated heterocycles. The average molecular weight is 355 g/mol. The van der Waals surface area contributed by atoms with E-state index in [1.54, 1.807) is 0 Å². The van der Waals surface area contributed by atoms with Gasteiger partial charge in [0.05, 0.1) is 19.8 Å². The van der Waals surface area contributed by atoms with E-state index in [-0.39, 0.29) is 11.8 Å². The standard InChI is InChI=1S/C21H25NO4/c1-4-24-15-9-7-8-14(10-15)16-12-21(23)22-18-13-20(26-6-3)19(25-5-2)11-17(16)18/h7-11,13,16H,4-6,12H2,1-3H3,(H,22,23)/t16-/m1/s1. The Bertz CT molecular complexity index is 788. The Kier molecular flexibility index (Phi) is 5.66. The van der Waals surface area contributed by atoms with Crippen LogP contribution in [0, 0.1) is 0 Å². The van der Waals surface area contributed by atoms with Gasteiger partial charge in [0.15, 0.2) is 11.5 Å². The Hall–Kier alpha value is -2.69. The van der Waals surface area contributed by atoms with Crippen LogP contribution in [0.25, 0.3) is 0 Å². The predicted octanol–water partition coefficient (Wildman–Crippen LogP) is 4.36. The van der Waals surface area contributed by atoms with Crippen molar-refractivity contribution in [3.8, 4) is 17.2 Å². The van der Waals surface area contributed by atoms with Gasteiger partial charge in [-0.3, -0.25) is 4.79 Å². The topological polar surface area (TPSA) is 56.8 Å². The van der Waals surface area contributed by atoms with Crippen molar-refractivity contribution in [1.82, 2.24) is 0 Å². The summed E-state index contributed by atoms with van der Waals surface area (Å²) >= 11 is 0. The highest BCUT2D eigenvalue weighted by Gasteiger charge is 2.28. The number of amides is 1. The first kappa shape index (κ1) is 18.1. The molecule has 1 aliphatic rings. The van der Waals surface area contributed by atoms with Gasteiger partial charge in [-0.25, -0.2) is 0 Å². The Morgan fingerprint density at radius 3 is 2.35 bits per heavy atom. The summed E-state index contributed by atoms with van der Waals surface area (Å²) in [5, 5.41) is 2.96. The van der Waals surface area contributed by atoms with E-state index >= 15 is 0 Å². The van der Waals surface area contributed by atoms with E-state index < -0.39 is 0 Å². The highest BCUT2D eigenvalue weighted by atomic mass is 16.5. The van der Waals surface area contributed by atoms with Gasteiger partial charge in [0.2, 0.25) is 5.91 Å². The van der Waals surface area contributed by atoms with Gasteiger partial charge in [0.25, 0.3) is 0 Å². The normalized spacial score (nSPS) is 15.8. The molecule has 1 heterocycles. The lowest BCUT2D eigenvalue weighted by atomic mass is 9.84. The summed E-state index contributed by atoms with van der Waals surface area (Å²) < 4.78 is 17.1. The van der Waals surface area contributed by atoms with Gasteiger partial charge in [-0.1, -0.05) is 12.1 Å². The lowest BCUT2D eigenvalue weighted by molar-refractivity contribution is -0.116. The summed E-state index contributed by atoms with van der Waals surface area (Å²) in [4.78, 5) is 12.3. The second-order valence-electron chi connectivity index (χ2n) is 6.06. The van der Waals surface area contributed by atoms with Crippen LogP contribution in [0.5, 0.6) is 17.2 Å². The minimum absolute atomic E-state index is 0.00378. The number of carbonyl (C=O) groups is 1. The smallest absolute Gasteiger partial charge is 0.225 e. The fourth-order valence-electron chi connectivity index (χ4n) is 3.29. The zero-order valence-corrected chi connectivity index (χ0v) is 15.5. The Morgan fingerprint density at radius 2 is 1.65 bits per heavy atom. The number of ether oxygens (including phenoxy) is 3. The molecule has 26 heavy (non-hydrogen) atoms. The number of anilines is 1. The van der Waals surface area contributed by atoms with Crippen molar-refractivity contribution in [2.75, 3.05) is 25.1 Å². The molecule has 2 aromatic rings. The molecule has 0 aromatic heterocycles. The molecule has 0 unspecified atom stereocenters. The third-order valence-corrected chi connectivity index (χ3v) is 4.33. The quantitative estimate of drug-likeness (QED) is 0.802. The maximum absolute atomic E-state index is 12.3. The van der Waals surface area contributed by atoms with Crippen LogP contribution in [-0.4, -0.2) is 25.7 Å². The zero-order chi connectivity index (χ0) is 18.5. The van der Waals surface area contributed by atoms with Crippen molar-refractivity contribution < 1.29 is 19.0 Å². The highest BCUT2D eigenvalue weighted by molar-refractivity contribution is 5.96. The van der Waals surface area contributed by atoms with Gasteiger partial charge in [-0.05, 0) is 50.1 Å². The van der Waals surface area contributed by atoms with Crippen LogP contribution in [0.15, 0.2) is 36.4 Å². The lowest BCUT2D eigenvalue weighted by Crippen LogP contribution is -2.23. The molecule has 0 saturated carbocycles. The van der Waals surface area contributed by atoms with Crippen LogP contribution < -0.4 is 19.5 Å². The zero-order valence-electron chi connectivity index (χ0n) is 15.5. The number of rotatable bonds is 7. The molecule has 0 bridgehead atoms. The van der Waals surface area contributed by atoms with E-state index in [2.05, 4.69) is 5.32 Å². The molecule has 2 aromatic carbocycles. The number of hydrogen-bond donors (Lipinski definition) is 1. The van der Waals surface area contributed by atoms with Crippen molar-refractivity contribution in [1.29, 1.82) is 0 Å². The first-order valence-electron chi connectivity index (χ1n) is 9.12. The SMILES string of the molecule is CCOc1cccc([C@H]2CC(=O)Nc3cc(OCC)c(OCC)cc32)c1. The molecule has 1 aliphatic heterocycles. The van der Waals surface area contributed by atoms with Crippen molar-refractivity contribution in [2.24, 2.45) is 0 Å². The number of nitrogens with one attached hydrogen (secondary N) is 1. The largest absolute Gasteiger partial charge is 0.494 e.